The van der Waals surface area contributed by atoms with Crippen molar-refractivity contribution in [3.8, 4) is 0 Å². The summed E-state index contributed by atoms with van der Waals surface area (Å²) in [5.74, 6) is 0.458. The van der Waals surface area contributed by atoms with Crippen LogP contribution in [0, 0.1) is 0 Å². The maximum atomic E-state index is 6.15. The molecule has 1 rings (SSSR count). The van der Waals surface area contributed by atoms with E-state index in [1.54, 1.807) is 6.20 Å². The van der Waals surface area contributed by atoms with Gasteiger partial charge in [0.25, 0.3) is 0 Å². The van der Waals surface area contributed by atoms with Crippen LogP contribution < -0.4 is 5.32 Å². The summed E-state index contributed by atoms with van der Waals surface area (Å²) < 4.78 is 1.99. The SMILES string of the molecule is CCCNCCC(C)c1c(Cl)cnn1CC. The Hall–Kier alpha value is -0.540. The Morgan fingerprint density at radius 2 is 2.19 bits per heavy atom. The van der Waals surface area contributed by atoms with Gasteiger partial charge >= 0.3 is 0 Å². The third-order valence-corrected chi connectivity index (χ3v) is 3.07. The average molecular weight is 244 g/mol. The molecule has 0 radical (unpaired) electrons. The number of aryl methyl sites for hydroxylation is 1. The molecule has 1 unspecified atom stereocenters. The lowest BCUT2D eigenvalue weighted by molar-refractivity contribution is 0.536. The molecule has 0 aliphatic rings. The van der Waals surface area contributed by atoms with Crippen molar-refractivity contribution >= 4 is 11.6 Å². The molecule has 1 aromatic heterocycles. The van der Waals surface area contributed by atoms with Crippen LogP contribution in [0.1, 0.15) is 45.2 Å². The highest BCUT2D eigenvalue weighted by atomic mass is 35.5. The fraction of sp³-hybridized carbons (Fsp3) is 0.750. The Kier molecular flexibility index (Phi) is 5.85. The number of rotatable bonds is 7. The van der Waals surface area contributed by atoms with Gasteiger partial charge in [-0.3, -0.25) is 4.68 Å². The molecule has 16 heavy (non-hydrogen) atoms. The minimum absolute atomic E-state index is 0.458. The summed E-state index contributed by atoms with van der Waals surface area (Å²) in [5, 5.41) is 8.47. The van der Waals surface area contributed by atoms with Gasteiger partial charge in [-0.05, 0) is 32.9 Å². The Labute approximate surface area is 103 Å². The molecule has 0 saturated heterocycles. The van der Waals surface area contributed by atoms with Gasteiger partial charge in [-0.1, -0.05) is 25.4 Å². The summed E-state index contributed by atoms with van der Waals surface area (Å²) >= 11 is 6.15. The molecule has 0 fully saturated rings. The number of hydrogen-bond acceptors (Lipinski definition) is 2. The van der Waals surface area contributed by atoms with Crippen LogP contribution in [0.3, 0.4) is 0 Å². The van der Waals surface area contributed by atoms with E-state index in [-0.39, 0.29) is 0 Å². The molecular formula is C12H22ClN3. The van der Waals surface area contributed by atoms with Crippen LogP contribution >= 0.6 is 11.6 Å². The van der Waals surface area contributed by atoms with Crippen LogP contribution in [0.4, 0.5) is 0 Å². The normalized spacial score (nSPS) is 13.0. The van der Waals surface area contributed by atoms with Gasteiger partial charge in [0.05, 0.1) is 16.9 Å². The van der Waals surface area contributed by atoms with Crippen molar-refractivity contribution in [3.63, 3.8) is 0 Å². The summed E-state index contributed by atoms with van der Waals surface area (Å²) in [6.45, 7) is 9.50. The van der Waals surface area contributed by atoms with Crippen LogP contribution in [0.2, 0.25) is 5.02 Å². The lowest BCUT2D eigenvalue weighted by Gasteiger charge is -2.14. The second-order valence-electron chi connectivity index (χ2n) is 4.13. The largest absolute Gasteiger partial charge is 0.317 e. The molecule has 1 atom stereocenters. The highest BCUT2D eigenvalue weighted by Crippen LogP contribution is 2.26. The van der Waals surface area contributed by atoms with Crippen LogP contribution in [0.5, 0.6) is 0 Å². The quantitative estimate of drug-likeness (QED) is 0.746. The number of nitrogens with zero attached hydrogens (tertiary/aromatic N) is 2. The van der Waals surface area contributed by atoms with Crippen molar-refractivity contribution in [2.45, 2.75) is 46.1 Å². The first-order valence-corrected chi connectivity index (χ1v) is 6.50. The van der Waals surface area contributed by atoms with Crippen molar-refractivity contribution in [1.29, 1.82) is 0 Å². The van der Waals surface area contributed by atoms with Gasteiger partial charge in [0.1, 0.15) is 0 Å². The Balaban J connectivity index is 2.51. The molecule has 92 valence electrons. The zero-order valence-corrected chi connectivity index (χ0v) is 11.2. The summed E-state index contributed by atoms with van der Waals surface area (Å²) in [5.41, 5.74) is 1.17. The van der Waals surface area contributed by atoms with E-state index in [0.29, 0.717) is 5.92 Å². The number of hydrogen-bond donors (Lipinski definition) is 1. The molecule has 1 aromatic rings. The second-order valence-corrected chi connectivity index (χ2v) is 4.54. The van der Waals surface area contributed by atoms with Crippen LogP contribution in [0.25, 0.3) is 0 Å². The molecule has 0 saturated carbocycles. The fourth-order valence-corrected chi connectivity index (χ4v) is 2.20. The lowest BCUT2D eigenvalue weighted by Crippen LogP contribution is -2.18. The molecule has 1 N–H and O–H groups in total. The van der Waals surface area contributed by atoms with E-state index in [1.807, 2.05) is 4.68 Å². The Bertz CT molecular complexity index is 309. The smallest absolute Gasteiger partial charge is 0.0820 e. The van der Waals surface area contributed by atoms with E-state index in [2.05, 4.69) is 31.2 Å². The highest BCUT2D eigenvalue weighted by molar-refractivity contribution is 6.31. The van der Waals surface area contributed by atoms with Crippen LogP contribution in [0.15, 0.2) is 6.20 Å². The Morgan fingerprint density at radius 1 is 1.44 bits per heavy atom. The minimum atomic E-state index is 0.458. The average Bonchev–Trinajstić information content (AvgIpc) is 2.65. The van der Waals surface area contributed by atoms with E-state index in [9.17, 15) is 0 Å². The van der Waals surface area contributed by atoms with Crippen LogP contribution in [-0.2, 0) is 6.54 Å². The predicted octanol–water partition coefficient (Wildman–Crippen LogP) is 3.05. The van der Waals surface area contributed by atoms with Gasteiger partial charge < -0.3 is 5.32 Å². The van der Waals surface area contributed by atoms with E-state index in [1.165, 1.54) is 12.1 Å². The Morgan fingerprint density at radius 3 is 2.81 bits per heavy atom. The molecule has 1 heterocycles. The maximum absolute atomic E-state index is 6.15. The molecule has 0 aliphatic heterocycles. The molecule has 3 nitrogen and oxygen atoms in total. The van der Waals surface area contributed by atoms with Crippen molar-refractivity contribution in [2.24, 2.45) is 0 Å². The first-order valence-electron chi connectivity index (χ1n) is 6.12. The lowest BCUT2D eigenvalue weighted by atomic mass is 10.0. The highest BCUT2D eigenvalue weighted by Gasteiger charge is 2.14. The molecule has 0 aliphatic carbocycles. The van der Waals surface area contributed by atoms with E-state index in [0.717, 1.165) is 31.1 Å². The third-order valence-electron chi connectivity index (χ3n) is 2.78. The van der Waals surface area contributed by atoms with E-state index in [4.69, 9.17) is 11.6 Å². The molecule has 0 bridgehead atoms. The maximum Gasteiger partial charge on any atom is 0.0820 e. The molecule has 0 spiro atoms. The minimum Gasteiger partial charge on any atom is -0.317 e. The van der Waals surface area contributed by atoms with Gasteiger partial charge in [-0.25, -0.2) is 0 Å². The topological polar surface area (TPSA) is 29.9 Å². The molecule has 0 aromatic carbocycles. The van der Waals surface area contributed by atoms with Crippen LogP contribution in [-0.4, -0.2) is 22.9 Å². The molecule has 0 amide bonds. The van der Waals surface area contributed by atoms with Crippen molar-refractivity contribution in [2.75, 3.05) is 13.1 Å². The standard InChI is InChI=1S/C12H22ClN3/c1-4-7-14-8-6-10(3)12-11(13)9-15-16(12)5-2/h9-10,14H,4-8H2,1-3H3. The first-order chi connectivity index (χ1) is 7.70. The van der Waals surface area contributed by atoms with E-state index >= 15 is 0 Å². The van der Waals surface area contributed by atoms with Gasteiger partial charge in [0.2, 0.25) is 0 Å². The van der Waals surface area contributed by atoms with Crippen molar-refractivity contribution < 1.29 is 0 Å². The summed E-state index contributed by atoms with van der Waals surface area (Å²) in [6.07, 6.45) is 4.03. The monoisotopic (exact) mass is 243 g/mol. The van der Waals surface area contributed by atoms with Crippen molar-refractivity contribution in [3.05, 3.63) is 16.9 Å². The fourth-order valence-electron chi connectivity index (χ4n) is 1.87. The van der Waals surface area contributed by atoms with E-state index < -0.39 is 0 Å². The second kappa shape index (κ2) is 6.92. The zero-order chi connectivity index (χ0) is 12.0. The van der Waals surface area contributed by atoms with Gasteiger partial charge in [0, 0.05) is 12.5 Å². The molecule has 4 heteroatoms. The predicted molar refractivity (Wildman–Crippen MR) is 69.1 cm³/mol. The zero-order valence-electron chi connectivity index (χ0n) is 10.5. The molecular weight excluding hydrogens is 222 g/mol. The number of aromatic nitrogens is 2. The van der Waals surface area contributed by atoms with Crippen molar-refractivity contribution in [1.82, 2.24) is 15.1 Å². The van der Waals surface area contributed by atoms with Gasteiger partial charge in [0.15, 0.2) is 0 Å². The van der Waals surface area contributed by atoms with Gasteiger partial charge in [-0.15, -0.1) is 0 Å². The number of halogens is 1. The number of nitrogens with one attached hydrogen (secondary N) is 1. The summed E-state index contributed by atoms with van der Waals surface area (Å²) in [7, 11) is 0. The summed E-state index contributed by atoms with van der Waals surface area (Å²) in [6, 6.07) is 0. The third kappa shape index (κ3) is 3.49. The van der Waals surface area contributed by atoms with Gasteiger partial charge in [-0.2, -0.15) is 5.10 Å². The summed E-state index contributed by atoms with van der Waals surface area (Å²) in [4.78, 5) is 0. The first kappa shape index (κ1) is 13.5.